The summed E-state index contributed by atoms with van der Waals surface area (Å²) in [6, 6.07) is 1.11. The molecule has 1 saturated carbocycles. The van der Waals surface area contributed by atoms with Crippen LogP contribution in [-0.2, 0) is 4.74 Å². The van der Waals surface area contributed by atoms with Gasteiger partial charge in [0.2, 0.25) is 0 Å². The maximum Gasteiger partial charge on any atom is 0.0618 e. The highest BCUT2D eigenvalue weighted by Crippen LogP contribution is 2.48. The predicted octanol–water partition coefficient (Wildman–Crippen LogP) is 2.44. The van der Waals surface area contributed by atoms with E-state index in [1.54, 1.807) is 7.11 Å². The quantitative estimate of drug-likeness (QED) is 0.709. The van der Waals surface area contributed by atoms with Crippen molar-refractivity contribution < 1.29 is 4.74 Å². The van der Waals surface area contributed by atoms with E-state index < -0.39 is 0 Å². The van der Waals surface area contributed by atoms with Gasteiger partial charge < -0.3 is 10.1 Å². The molecular weight excluding hydrogens is 174 g/mol. The van der Waals surface area contributed by atoms with Crippen molar-refractivity contribution in [2.24, 2.45) is 11.3 Å². The highest BCUT2D eigenvalue weighted by atomic mass is 16.5. The molecule has 1 fully saturated rings. The summed E-state index contributed by atoms with van der Waals surface area (Å²) in [5.41, 5.74) is 0.556. The standard InChI is InChI=1S/C12H25NO/c1-9(2)11(8-14-5)13-10(3)12(4)6-7-12/h9-11,13H,6-8H2,1-5H3. The van der Waals surface area contributed by atoms with E-state index >= 15 is 0 Å². The molecule has 1 rings (SSSR count). The van der Waals surface area contributed by atoms with Crippen LogP contribution in [0.1, 0.15) is 40.5 Å². The SMILES string of the molecule is COCC(NC(C)C1(C)CC1)C(C)C. The molecule has 0 saturated heterocycles. The van der Waals surface area contributed by atoms with E-state index in [9.17, 15) is 0 Å². The molecule has 0 amide bonds. The Kier molecular flexibility index (Phi) is 3.96. The summed E-state index contributed by atoms with van der Waals surface area (Å²) in [5, 5.41) is 3.69. The van der Waals surface area contributed by atoms with Crippen LogP contribution in [-0.4, -0.2) is 25.8 Å². The first kappa shape index (κ1) is 12.0. The molecule has 0 radical (unpaired) electrons. The summed E-state index contributed by atoms with van der Waals surface area (Å²) in [6.45, 7) is 9.99. The third kappa shape index (κ3) is 2.96. The monoisotopic (exact) mass is 199 g/mol. The Labute approximate surface area is 88.4 Å². The van der Waals surface area contributed by atoms with Gasteiger partial charge >= 0.3 is 0 Å². The van der Waals surface area contributed by atoms with Gasteiger partial charge in [-0.3, -0.25) is 0 Å². The van der Waals surface area contributed by atoms with Gasteiger partial charge in [-0.25, -0.2) is 0 Å². The fourth-order valence-electron chi connectivity index (χ4n) is 1.77. The number of rotatable bonds is 6. The van der Waals surface area contributed by atoms with Crippen molar-refractivity contribution >= 4 is 0 Å². The van der Waals surface area contributed by atoms with E-state index in [2.05, 4.69) is 33.0 Å². The molecule has 0 heterocycles. The van der Waals surface area contributed by atoms with Gasteiger partial charge in [-0.2, -0.15) is 0 Å². The summed E-state index contributed by atoms with van der Waals surface area (Å²) in [7, 11) is 1.78. The molecule has 0 aliphatic heterocycles. The zero-order valence-electron chi connectivity index (χ0n) is 10.3. The Morgan fingerprint density at radius 3 is 2.21 bits per heavy atom. The van der Waals surface area contributed by atoms with Gasteiger partial charge in [0.05, 0.1) is 6.61 Å². The van der Waals surface area contributed by atoms with E-state index in [4.69, 9.17) is 4.74 Å². The zero-order chi connectivity index (χ0) is 10.8. The van der Waals surface area contributed by atoms with E-state index in [1.165, 1.54) is 12.8 Å². The molecule has 14 heavy (non-hydrogen) atoms. The fourth-order valence-corrected chi connectivity index (χ4v) is 1.77. The second-order valence-corrected chi connectivity index (χ2v) is 5.35. The zero-order valence-corrected chi connectivity index (χ0v) is 10.3. The first-order valence-electron chi connectivity index (χ1n) is 5.74. The lowest BCUT2D eigenvalue weighted by molar-refractivity contribution is 0.134. The Bertz CT molecular complexity index is 175. The van der Waals surface area contributed by atoms with Gasteiger partial charge in [0, 0.05) is 19.2 Å². The molecule has 0 aromatic carbocycles. The van der Waals surface area contributed by atoms with Crippen molar-refractivity contribution in [3.05, 3.63) is 0 Å². The normalized spacial score (nSPS) is 23.6. The average molecular weight is 199 g/mol. The molecule has 2 atom stereocenters. The second-order valence-electron chi connectivity index (χ2n) is 5.35. The molecule has 0 bridgehead atoms. The lowest BCUT2D eigenvalue weighted by Crippen LogP contribution is -2.46. The van der Waals surface area contributed by atoms with Gasteiger partial charge in [0.1, 0.15) is 0 Å². The molecule has 0 aromatic rings. The van der Waals surface area contributed by atoms with Crippen LogP contribution in [0.5, 0.6) is 0 Å². The van der Waals surface area contributed by atoms with Crippen LogP contribution < -0.4 is 5.32 Å². The van der Waals surface area contributed by atoms with Crippen LogP contribution in [0, 0.1) is 11.3 Å². The van der Waals surface area contributed by atoms with Crippen molar-refractivity contribution in [1.29, 1.82) is 0 Å². The highest BCUT2D eigenvalue weighted by molar-refractivity contribution is 4.97. The average Bonchev–Trinajstić information content (AvgIpc) is 2.84. The molecule has 2 unspecified atom stereocenters. The van der Waals surface area contributed by atoms with Crippen LogP contribution in [0.15, 0.2) is 0 Å². The minimum atomic E-state index is 0.493. The van der Waals surface area contributed by atoms with Gasteiger partial charge in [0.25, 0.3) is 0 Å². The lowest BCUT2D eigenvalue weighted by Gasteiger charge is -2.29. The van der Waals surface area contributed by atoms with Crippen molar-refractivity contribution in [3.63, 3.8) is 0 Å². The number of hydrogen-bond acceptors (Lipinski definition) is 2. The van der Waals surface area contributed by atoms with Crippen molar-refractivity contribution in [2.45, 2.75) is 52.6 Å². The van der Waals surface area contributed by atoms with Gasteiger partial charge in [0.15, 0.2) is 0 Å². The molecular formula is C12H25NO. The van der Waals surface area contributed by atoms with Crippen LogP contribution >= 0.6 is 0 Å². The summed E-state index contributed by atoms with van der Waals surface area (Å²) in [6.07, 6.45) is 2.75. The van der Waals surface area contributed by atoms with Crippen LogP contribution in [0.25, 0.3) is 0 Å². The summed E-state index contributed by atoms with van der Waals surface area (Å²) < 4.78 is 5.24. The lowest BCUT2D eigenvalue weighted by atomic mass is 9.97. The van der Waals surface area contributed by atoms with Gasteiger partial charge in [-0.1, -0.05) is 20.8 Å². The third-order valence-electron chi connectivity index (χ3n) is 3.70. The van der Waals surface area contributed by atoms with Crippen molar-refractivity contribution in [3.8, 4) is 0 Å². The Morgan fingerprint density at radius 2 is 1.86 bits per heavy atom. The van der Waals surface area contributed by atoms with Gasteiger partial charge in [-0.15, -0.1) is 0 Å². The summed E-state index contributed by atoms with van der Waals surface area (Å²) in [5.74, 6) is 0.639. The Balaban J connectivity index is 2.38. The summed E-state index contributed by atoms with van der Waals surface area (Å²) in [4.78, 5) is 0. The van der Waals surface area contributed by atoms with Crippen molar-refractivity contribution in [2.75, 3.05) is 13.7 Å². The first-order chi connectivity index (χ1) is 6.49. The topological polar surface area (TPSA) is 21.3 Å². The van der Waals surface area contributed by atoms with E-state index in [0.717, 1.165) is 6.61 Å². The molecule has 84 valence electrons. The van der Waals surface area contributed by atoms with Crippen LogP contribution in [0.2, 0.25) is 0 Å². The number of nitrogens with one attached hydrogen (secondary N) is 1. The van der Waals surface area contributed by atoms with Crippen LogP contribution in [0.4, 0.5) is 0 Å². The summed E-state index contributed by atoms with van der Waals surface area (Å²) >= 11 is 0. The van der Waals surface area contributed by atoms with Gasteiger partial charge in [-0.05, 0) is 31.1 Å². The molecule has 2 heteroatoms. The second kappa shape index (κ2) is 4.63. The molecule has 2 nitrogen and oxygen atoms in total. The van der Waals surface area contributed by atoms with E-state index in [0.29, 0.717) is 23.4 Å². The van der Waals surface area contributed by atoms with Crippen LogP contribution in [0.3, 0.4) is 0 Å². The maximum absolute atomic E-state index is 5.24. The van der Waals surface area contributed by atoms with Crippen molar-refractivity contribution in [1.82, 2.24) is 5.32 Å². The number of hydrogen-bond donors (Lipinski definition) is 1. The third-order valence-corrected chi connectivity index (χ3v) is 3.70. The first-order valence-corrected chi connectivity index (χ1v) is 5.74. The number of methoxy groups -OCH3 is 1. The molecule has 1 N–H and O–H groups in total. The molecule has 1 aliphatic rings. The Morgan fingerprint density at radius 1 is 1.29 bits per heavy atom. The minimum absolute atomic E-state index is 0.493. The molecule has 0 spiro atoms. The van der Waals surface area contributed by atoms with E-state index in [-0.39, 0.29) is 0 Å². The number of ether oxygens (including phenoxy) is 1. The van der Waals surface area contributed by atoms with E-state index in [1.807, 2.05) is 0 Å². The molecule has 1 aliphatic carbocycles. The fraction of sp³-hybridized carbons (Fsp3) is 1.00. The highest BCUT2D eigenvalue weighted by Gasteiger charge is 2.43. The Hall–Kier alpha value is -0.0800. The largest absolute Gasteiger partial charge is 0.383 e. The predicted molar refractivity (Wildman–Crippen MR) is 60.4 cm³/mol. The molecule has 0 aromatic heterocycles. The smallest absolute Gasteiger partial charge is 0.0618 e. The minimum Gasteiger partial charge on any atom is -0.383 e. The maximum atomic E-state index is 5.24.